The number of imidazole rings is 2. The summed E-state index contributed by atoms with van der Waals surface area (Å²) in [5.41, 5.74) is 13.5. The van der Waals surface area contributed by atoms with E-state index in [1.807, 2.05) is 48.3 Å². The highest BCUT2D eigenvalue weighted by Crippen LogP contribution is 2.29. The number of amides is 1. The molecule has 0 radical (unpaired) electrons. The van der Waals surface area contributed by atoms with Gasteiger partial charge >= 0.3 is 0 Å². The predicted molar refractivity (Wildman–Crippen MR) is 191 cm³/mol. The molecule has 2 N–H and O–H groups in total. The van der Waals surface area contributed by atoms with Crippen LogP contribution < -0.4 is 15.5 Å². The lowest BCUT2D eigenvalue weighted by Crippen LogP contribution is -2.13. The zero-order valence-electron chi connectivity index (χ0n) is 28.5. The molecule has 0 fully saturated rings. The first-order valence-corrected chi connectivity index (χ1v) is 15.3. The molecule has 0 saturated carbocycles. The van der Waals surface area contributed by atoms with E-state index in [1.54, 1.807) is 6.07 Å². The molecule has 0 atom stereocenters. The first-order valence-electron chi connectivity index (χ1n) is 15.3. The SMILES string of the molecule is CC#N.CC(N)=O.CCc1ccccc1N(C)c1cc2c(cn1)ncn2C.CCc1ccccc1N(C)c1cc2c(cn1)ncn2C. The van der Waals surface area contributed by atoms with Crippen LogP contribution in [0.2, 0.25) is 0 Å². The van der Waals surface area contributed by atoms with Crippen LogP contribution in [0.5, 0.6) is 0 Å². The Bertz CT molecular complexity index is 1820. The summed E-state index contributed by atoms with van der Waals surface area (Å²) < 4.78 is 4.03. The summed E-state index contributed by atoms with van der Waals surface area (Å²) in [6.45, 7) is 7.08. The van der Waals surface area contributed by atoms with Crippen LogP contribution in [-0.4, -0.2) is 49.1 Å². The molecule has 6 rings (SSSR count). The maximum absolute atomic E-state index is 9.22. The Morgan fingerprint density at radius 1 is 0.766 bits per heavy atom. The van der Waals surface area contributed by atoms with E-state index in [2.05, 4.69) is 124 Å². The van der Waals surface area contributed by atoms with Gasteiger partial charge in [0.05, 0.1) is 42.2 Å². The highest BCUT2D eigenvalue weighted by atomic mass is 16.1. The van der Waals surface area contributed by atoms with Crippen LogP contribution in [0.3, 0.4) is 0 Å². The Kier molecular flexibility index (Phi) is 13.0. The second-order valence-corrected chi connectivity index (χ2v) is 10.7. The molecule has 4 aromatic heterocycles. The lowest BCUT2D eigenvalue weighted by molar-refractivity contribution is -0.115. The van der Waals surface area contributed by atoms with Crippen molar-refractivity contribution in [3.63, 3.8) is 0 Å². The quantitative estimate of drug-likeness (QED) is 0.217. The van der Waals surface area contributed by atoms with Crippen LogP contribution in [-0.2, 0) is 31.7 Å². The third-order valence-electron chi connectivity index (χ3n) is 7.35. The van der Waals surface area contributed by atoms with Crippen molar-refractivity contribution in [2.24, 2.45) is 19.8 Å². The molecule has 11 heteroatoms. The molecular formula is C36H44N10O. The minimum atomic E-state index is -0.333. The molecule has 4 heterocycles. The molecule has 0 spiro atoms. The number of aryl methyl sites for hydroxylation is 4. The Morgan fingerprint density at radius 3 is 1.45 bits per heavy atom. The predicted octanol–water partition coefficient (Wildman–Crippen LogP) is 6.62. The van der Waals surface area contributed by atoms with Gasteiger partial charge in [0.2, 0.25) is 5.91 Å². The van der Waals surface area contributed by atoms with Crippen LogP contribution in [0, 0.1) is 11.3 Å². The fourth-order valence-electron chi connectivity index (χ4n) is 4.93. The Morgan fingerprint density at radius 2 is 1.11 bits per heavy atom. The van der Waals surface area contributed by atoms with Gasteiger partial charge in [0.25, 0.3) is 0 Å². The maximum Gasteiger partial charge on any atom is 0.214 e. The lowest BCUT2D eigenvalue weighted by Gasteiger charge is -2.21. The Labute approximate surface area is 276 Å². The minimum Gasteiger partial charge on any atom is -0.370 e. The number of carbonyl (C=O) groups excluding carboxylic acids is 1. The number of hydrogen-bond acceptors (Lipinski definition) is 8. The highest BCUT2D eigenvalue weighted by Gasteiger charge is 2.12. The van der Waals surface area contributed by atoms with Crippen molar-refractivity contribution in [2.75, 3.05) is 23.9 Å². The third-order valence-corrected chi connectivity index (χ3v) is 7.35. The van der Waals surface area contributed by atoms with Crippen molar-refractivity contribution in [3.8, 4) is 6.07 Å². The first kappa shape index (κ1) is 35.7. The number of aromatic nitrogens is 6. The van der Waals surface area contributed by atoms with Gasteiger partial charge in [-0.25, -0.2) is 19.9 Å². The van der Waals surface area contributed by atoms with Crippen LogP contribution in [0.15, 0.2) is 85.7 Å². The fourth-order valence-corrected chi connectivity index (χ4v) is 4.93. The van der Waals surface area contributed by atoms with E-state index >= 15 is 0 Å². The molecule has 0 saturated heterocycles. The number of hydrogen-bond donors (Lipinski definition) is 1. The number of carbonyl (C=O) groups is 1. The zero-order chi connectivity index (χ0) is 34.5. The monoisotopic (exact) mass is 632 g/mol. The van der Waals surface area contributed by atoms with E-state index in [0.717, 1.165) is 46.5 Å². The third kappa shape index (κ3) is 9.14. The summed E-state index contributed by atoms with van der Waals surface area (Å²) in [5.74, 6) is 1.53. The first-order chi connectivity index (χ1) is 22.6. The molecule has 0 unspecified atom stereocenters. The van der Waals surface area contributed by atoms with Gasteiger partial charge in [-0.3, -0.25) is 4.79 Å². The van der Waals surface area contributed by atoms with Crippen molar-refractivity contribution >= 4 is 51.0 Å². The van der Waals surface area contributed by atoms with Crippen LogP contribution in [0.25, 0.3) is 22.1 Å². The van der Waals surface area contributed by atoms with E-state index in [1.165, 1.54) is 36.3 Å². The van der Waals surface area contributed by atoms with Crippen molar-refractivity contribution in [2.45, 2.75) is 40.5 Å². The summed E-state index contributed by atoms with van der Waals surface area (Å²) >= 11 is 0. The molecule has 0 bridgehead atoms. The smallest absolute Gasteiger partial charge is 0.214 e. The van der Waals surface area contributed by atoms with E-state index < -0.39 is 0 Å². The minimum absolute atomic E-state index is 0.333. The number of nitriles is 1. The van der Waals surface area contributed by atoms with Gasteiger partial charge in [0.15, 0.2) is 0 Å². The average molecular weight is 633 g/mol. The Hall–Kier alpha value is -5.76. The Balaban J connectivity index is 0.000000214. The molecule has 0 aliphatic rings. The zero-order valence-corrected chi connectivity index (χ0v) is 28.5. The number of nitrogens with two attached hydrogens (primary N) is 1. The van der Waals surface area contributed by atoms with E-state index in [-0.39, 0.29) is 5.91 Å². The standard InChI is InChI=1S/2C16H18N4.C2H5NO.C2H3N/c2*1-4-12-7-5-6-8-14(12)20(3)16-9-15-13(10-17-16)18-11-19(15)2;1-2(3)4;1-2-3/h2*5-11H,4H2,1-3H3;1H3,(H2,3,4);1H3. The maximum atomic E-state index is 9.22. The van der Waals surface area contributed by atoms with E-state index in [0.29, 0.717) is 0 Å². The number of primary amides is 1. The topological polar surface area (TPSA) is 135 Å². The highest BCUT2D eigenvalue weighted by molar-refractivity contribution is 5.80. The van der Waals surface area contributed by atoms with Gasteiger partial charge in [-0.1, -0.05) is 50.2 Å². The lowest BCUT2D eigenvalue weighted by atomic mass is 10.1. The second kappa shape index (κ2) is 17.1. The number of nitrogens with zero attached hydrogens (tertiary/aromatic N) is 9. The molecule has 2 aromatic carbocycles. The van der Waals surface area contributed by atoms with Gasteiger partial charge in [0.1, 0.15) is 22.7 Å². The molecule has 11 nitrogen and oxygen atoms in total. The van der Waals surface area contributed by atoms with Crippen molar-refractivity contribution in [3.05, 3.63) is 96.8 Å². The number of rotatable bonds is 6. The van der Waals surface area contributed by atoms with Gasteiger partial charge in [0, 0.05) is 65.5 Å². The summed E-state index contributed by atoms with van der Waals surface area (Å²) in [5, 5.41) is 7.32. The number of fused-ring (bicyclic) bond motifs is 2. The average Bonchev–Trinajstić information content (AvgIpc) is 3.65. The van der Waals surface area contributed by atoms with Crippen molar-refractivity contribution in [1.29, 1.82) is 5.26 Å². The summed E-state index contributed by atoms with van der Waals surface area (Å²) in [6.07, 6.45) is 9.31. The molecule has 244 valence electrons. The van der Waals surface area contributed by atoms with E-state index in [9.17, 15) is 4.79 Å². The molecule has 0 aliphatic carbocycles. The van der Waals surface area contributed by atoms with Gasteiger partial charge in [-0.05, 0) is 36.1 Å². The number of benzene rings is 2. The number of para-hydroxylation sites is 2. The van der Waals surface area contributed by atoms with Crippen LogP contribution in [0.4, 0.5) is 23.0 Å². The van der Waals surface area contributed by atoms with Crippen LogP contribution >= 0.6 is 0 Å². The van der Waals surface area contributed by atoms with Gasteiger partial charge in [-0.2, -0.15) is 5.26 Å². The molecule has 47 heavy (non-hydrogen) atoms. The number of anilines is 4. The summed E-state index contributed by atoms with van der Waals surface area (Å²) in [6, 6.07) is 22.8. The molecule has 1 amide bonds. The van der Waals surface area contributed by atoms with Gasteiger partial charge in [-0.15, -0.1) is 0 Å². The fraction of sp³-hybridized carbons (Fsp3) is 0.278. The van der Waals surface area contributed by atoms with Crippen LogP contribution in [0.1, 0.15) is 38.8 Å². The molecular weight excluding hydrogens is 588 g/mol. The molecule has 0 aliphatic heterocycles. The summed E-state index contributed by atoms with van der Waals surface area (Å²) in [4.78, 5) is 31.1. The largest absolute Gasteiger partial charge is 0.370 e. The van der Waals surface area contributed by atoms with Crippen molar-refractivity contribution < 1.29 is 4.79 Å². The van der Waals surface area contributed by atoms with Crippen molar-refractivity contribution in [1.82, 2.24) is 29.1 Å². The molecule has 6 aromatic rings. The summed E-state index contributed by atoms with van der Waals surface area (Å²) in [7, 11) is 8.11. The number of pyridine rings is 2. The van der Waals surface area contributed by atoms with Gasteiger partial charge < -0.3 is 24.7 Å². The van der Waals surface area contributed by atoms with E-state index in [4.69, 9.17) is 5.26 Å². The second-order valence-electron chi connectivity index (χ2n) is 10.7. The normalized spacial score (nSPS) is 10.0.